The largest absolute Gasteiger partial charge is 0.304 e. The first-order chi connectivity index (χ1) is 9.04. The van der Waals surface area contributed by atoms with Gasteiger partial charge in [-0.3, -0.25) is 0 Å². The van der Waals surface area contributed by atoms with Crippen molar-refractivity contribution in [2.24, 2.45) is 0 Å². The van der Waals surface area contributed by atoms with Gasteiger partial charge in [-0.2, -0.15) is 0 Å². The van der Waals surface area contributed by atoms with Crippen LogP contribution in [0.4, 0.5) is 0 Å². The predicted octanol–water partition coefficient (Wildman–Crippen LogP) is 4.92. The van der Waals surface area contributed by atoms with Gasteiger partial charge < -0.3 is 4.40 Å². The maximum atomic E-state index is 6.23. The zero-order valence-corrected chi connectivity index (χ0v) is 12.1. The first kappa shape index (κ1) is 12.5. The summed E-state index contributed by atoms with van der Waals surface area (Å²) >= 11 is 12.1. The Bertz CT molecular complexity index is 775. The molecule has 0 aliphatic carbocycles. The zero-order chi connectivity index (χ0) is 13.6. The highest BCUT2D eigenvalue weighted by atomic mass is 35.5. The highest BCUT2D eigenvalue weighted by Gasteiger charge is 2.10. The van der Waals surface area contributed by atoms with Crippen molar-refractivity contribution >= 4 is 28.8 Å². The van der Waals surface area contributed by atoms with Gasteiger partial charge in [-0.25, -0.2) is 4.98 Å². The van der Waals surface area contributed by atoms with Crippen molar-refractivity contribution < 1.29 is 0 Å². The third kappa shape index (κ3) is 2.22. The Morgan fingerprint density at radius 2 is 1.84 bits per heavy atom. The van der Waals surface area contributed by atoms with Crippen molar-refractivity contribution in [1.29, 1.82) is 0 Å². The molecular weight excluding hydrogens is 279 g/mol. The van der Waals surface area contributed by atoms with Gasteiger partial charge in [0.1, 0.15) is 5.65 Å². The summed E-state index contributed by atoms with van der Waals surface area (Å²) in [6.45, 7) is 4.13. The minimum atomic E-state index is 0.616. The van der Waals surface area contributed by atoms with Gasteiger partial charge in [0.15, 0.2) is 0 Å². The van der Waals surface area contributed by atoms with Crippen LogP contribution in [0, 0.1) is 13.8 Å². The third-order valence-electron chi connectivity index (χ3n) is 3.11. The molecule has 3 aromatic rings. The number of nitrogens with zero attached hydrogens (tertiary/aromatic N) is 2. The molecule has 2 aromatic heterocycles. The van der Waals surface area contributed by atoms with E-state index in [1.165, 1.54) is 5.56 Å². The third-order valence-corrected chi connectivity index (χ3v) is 3.66. The Hall–Kier alpha value is -1.51. The molecule has 0 fully saturated rings. The van der Waals surface area contributed by atoms with Crippen LogP contribution in [-0.4, -0.2) is 9.38 Å². The molecule has 96 valence electrons. The number of hydrogen-bond acceptors (Lipinski definition) is 1. The Morgan fingerprint density at radius 3 is 2.58 bits per heavy atom. The number of hydrogen-bond donors (Lipinski definition) is 0. The van der Waals surface area contributed by atoms with E-state index in [4.69, 9.17) is 23.2 Å². The number of halogens is 2. The second-order valence-corrected chi connectivity index (χ2v) is 5.50. The highest BCUT2D eigenvalue weighted by Crippen LogP contribution is 2.30. The molecule has 0 bridgehead atoms. The van der Waals surface area contributed by atoms with Gasteiger partial charge in [-0.1, -0.05) is 23.2 Å². The van der Waals surface area contributed by atoms with Gasteiger partial charge in [0, 0.05) is 22.5 Å². The summed E-state index contributed by atoms with van der Waals surface area (Å²) < 4.78 is 2.06. The van der Waals surface area contributed by atoms with Crippen LogP contribution in [0.15, 0.2) is 36.5 Å². The van der Waals surface area contributed by atoms with Crippen LogP contribution in [0.3, 0.4) is 0 Å². The summed E-state index contributed by atoms with van der Waals surface area (Å²) in [4.78, 5) is 4.63. The van der Waals surface area contributed by atoms with Crippen LogP contribution >= 0.6 is 23.2 Å². The van der Waals surface area contributed by atoms with Crippen LogP contribution in [0.25, 0.3) is 16.9 Å². The molecule has 3 rings (SSSR count). The fourth-order valence-corrected chi connectivity index (χ4v) is 2.76. The van der Waals surface area contributed by atoms with E-state index in [9.17, 15) is 0 Å². The Balaban J connectivity index is 2.23. The summed E-state index contributed by atoms with van der Waals surface area (Å²) in [7, 11) is 0. The molecule has 0 unspecified atom stereocenters. The van der Waals surface area contributed by atoms with Gasteiger partial charge in [-0.05, 0) is 49.7 Å². The topological polar surface area (TPSA) is 17.3 Å². The molecule has 4 heteroatoms. The van der Waals surface area contributed by atoms with E-state index < -0.39 is 0 Å². The maximum Gasteiger partial charge on any atom is 0.137 e. The van der Waals surface area contributed by atoms with Crippen molar-refractivity contribution in [3.05, 3.63) is 57.8 Å². The molecule has 0 N–H and O–H groups in total. The molecule has 0 radical (unpaired) electrons. The smallest absolute Gasteiger partial charge is 0.137 e. The first-order valence-electron chi connectivity index (χ1n) is 5.96. The minimum absolute atomic E-state index is 0.616. The fourth-order valence-electron chi connectivity index (χ4n) is 2.25. The quantitative estimate of drug-likeness (QED) is 0.621. The molecule has 0 saturated heterocycles. The van der Waals surface area contributed by atoms with Crippen LogP contribution in [-0.2, 0) is 0 Å². The number of aromatic nitrogens is 2. The molecule has 0 amide bonds. The first-order valence-corrected chi connectivity index (χ1v) is 6.72. The molecule has 0 spiro atoms. The number of benzene rings is 1. The molecule has 0 aliphatic heterocycles. The number of fused-ring (bicyclic) bond motifs is 1. The average molecular weight is 291 g/mol. The van der Waals surface area contributed by atoms with Crippen molar-refractivity contribution in [2.75, 3.05) is 0 Å². The van der Waals surface area contributed by atoms with Gasteiger partial charge >= 0.3 is 0 Å². The van der Waals surface area contributed by atoms with Crippen LogP contribution in [0.5, 0.6) is 0 Å². The number of aryl methyl sites for hydroxylation is 2. The predicted molar refractivity (Wildman–Crippen MR) is 80.1 cm³/mol. The van der Waals surface area contributed by atoms with Crippen molar-refractivity contribution in [2.45, 2.75) is 13.8 Å². The Morgan fingerprint density at radius 1 is 1.05 bits per heavy atom. The van der Waals surface area contributed by atoms with E-state index in [1.807, 2.05) is 18.3 Å². The summed E-state index contributed by atoms with van der Waals surface area (Å²) in [5.74, 6) is 0. The lowest BCUT2D eigenvalue weighted by molar-refractivity contribution is 1.08. The number of rotatable bonds is 1. The number of imidazole rings is 1. The van der Waals surface area contributed by atoms with E-state index in [2.05, 4.69) is 35.4 Å². The SMILES string of the molecule is Cc1cc(C)n2cc(-c3ccc(Cl)cc3Cl)nc2c1. The monoisotopic (exact) mass is 290 g/mol. The normalized spacial score (nSPS) is 11.2. The lowest BCUT2D eigenvalue weighted by Gasteiger charge is -2.00. The van der Waals surface area contributed by atoms with Crippen molar-refractivity contribution in [1.82, 2.24) is 9.38 Å². The molecule has 0 atom stereocenters. The van der Waals surface area contributed by atoms with Crippen molar-refractivity contribution in [3.63, 3.8) is 0 Å². The van der Waals surface area contributed by atoms with E-state index >= 15 is 0 Å². The highest BCUT2D eigenvalue weighted by molar-refractivity contribution is 6.36. The molecule has 2 heterocycles. The molecule has 0 saturated carbocycles. The standard InChI is InChI=1S/C15H12Cl2N2/c1-9-5-10(2)19-8-14(18-15(19)6-9)12-4-3-11(16)7-13(12)17/h3-8H,1-2H3. The Labute approximate surface area is 121 Å². The molecular formula is C15H12Cl2N2. The molecule has 1 aromatic carbocycles. The second kappa shape index (κ2) is 4.55. The van der Waals surface area contributed by atoms with E-state index in [1.54, 1.807) is 6.07 Å². The fraction of sp³-hybridized carbons (Fsp3) is 0.133. The molecule has 2 nitrogen and oxygen atoms in total. The molecule has 19 heavy (non-hydrogen) atoms. The van der Waals surface area contributed by atoms with Gasteiger partial charge in [0.25, 0.3) is 0 Å². The number of pyridine rings is 1. The van der Waals surface area contributed by atoms with E-state index in [-0.39, 0.29) is 0 Å². The Kier molecular flexibility index (Phi) is 3.00. The van der Waals surface area contributed by atoms with Crippen LogP contribution < -0.4 is 0 Å². The average Bonchev–Trinajstić information content (AvgIpc) is 2.72. The second-order valence-electron chi connectivity index (χ2n) is 4.65. The minimum Gasteiger partial charge on any atom is -0.304 e. The maximum absolute atomic E-state index is 6.23. The lowest BCUT2D eigenvalue weighted by atomic mass is 10.2. The summed E-state index contributed by atoms with van der Waals surface area (Å²) in [5.41, 5.74) is 5.03. The van der Waals surface area contributed by atoms with Crippen LogP contribution in [0.1, 0.15) is 11.3 Å². The molecule has 0 aliphatic rings. The summed E-state index contributed by atoms with van der Waals surface area (Å²) in [5, 5.41) is 1.25. The van der Waals surface area contributed by atoms with Gasteiger partial charge in [0.2, 0.25) is 0 Å². The van der Waals surface area contributed by atoms with E-state index in [0.29, 0.717) is 10.0 Å². The zero-order valence-electron chi connectivity index (χ0n) is 10.6. The van der Waals surface area contributed by atoms with Gasteiger partial charge in [0.05, 0.1) is 10.7 Å². The van der Waals surface area contributed by atoms with E-state index in [0.717, 1.165) is 22.6 Å². The van der Waals surface area contributed by atoms with Crippen molar-refractivity contribution in [3.8, 4) is 11.3 Å². The summed E-state index contributed by atoms with van der Waals surface area (Å²) in [6.07, 6.45) is 2.00. The van der Waals surface area contributed by atoms with Crippen LogP contribution in [0.2, 0.25) is 10.0 Å². The van der Waals surface area contributed by atoms with Gasteiger partial charge in [-0.15, -0.1) is 0 Å². The summed E-state index contributed by atoms with van der Waals surface area (Å²) in [6, 6.07) is 9.64. The lowest BCUT2D eigenvalue weighted by Crippen LogP contribution is -1.89.